The second-order valence-electron chi connectivity index (χ2n) is 4.67. The molecule has 0 heterocycles. The van der Waals surface area contributed by atoms with Gasteiger partial charge in [0, 0.05) is 19.2 Å². The van der Waals surface area contributed by atoms with Crippen molar-refractivity contribution in [2.24, 2.45) is 0 Å². The molecule has 21 heavy (non-hydrogen) atoms. The Kier molecular flexibility index (Phi) is 4.42. The number of nitrogens with two attached hydrogens (primary N) is 1. The summed E-state index contributed by atoms with van der Waals surface area (Å²) in [4.78, 5) is 13.8. The van der Waals surface area contributed by atoms with E-state index in [9.17, 15) is 9.18 Å². The Morgan fingerprint density at radius 2 is 1.95 bits per heavy atom. The minimum atomic E-state index is -0.591. The molecule has 0 bridgehead atoms. The van der Waals surface area contributed by atoms with E-state index in [1.54, 1.807) is 14.2 Å². The molecule has 2 aromatic rings. The molecule has 5 heteroatoms. The van der Waals surface area contributed by atoms with Gasteiger partial charge in [0.25, 0.3) is 5.91 Å². The van der Waals surface area contributed by atoms with Crippen LogP contribution in [-0.2, 0) is 6.54 Å². The number of nitrogens with zero attached hydrogens (tertiary/aromatic N) is 1. The van der Waals surface area contributed by atoms with E-state index in [2.05, 4.69) is 0 Å². The number of amides is 1. The standard InChI is InChI=1S/C16H17FN2O2/c1-19(10-11-6-3-4-9-14(11)21-2)16(20)12-7-5-8-13(17)15(12)18/h3-9H,10,18H2,1-2H3. The van der Waals surface area contributed by atoms with Gasteiger partial charge in [-0.1, -0.05) is 24.3 Å². The Labute approximate surface area is 122 Å². The van der Waals surface area contributed by atoms with Crippen LogP contribution in [0.5, 0.6) is 5.75 Å². The van der Waals surface area contributed by atoms with Crippen LogP contribution in [0.2, 0.25) is 0 Å². The van der Waals surface area contributed by atoms with E-state index < -0.39 is 5.82 Å². The fourth-order valence-corrected chi connectivity index (χ4v) is 2.09. The average Bonchev–Trinajstić information content (AvgIpc) is 2.50. The highest BCUT2D eigenvalue weighted by atomic mass is 19.1. The predicted molar refractivity (Wildman–Crippen MR) is 79.6 cm³/mol. The van der Waals surface area contributed by atoms with Gasteiger partial charge in [-0.05, 0) is 18.2 Å². The highest BCUT2D eigenvalue weighted by Gasteiger charge is 2.17. The Bertz CT molecular complexity index is 658. The maximum absolute atomic E-state index is 13.4. The summed E-state index contributed by atoms with van der Waals surface area (Å²) in [5.41, 5.74) is 6.52. The van der Waals surface area contributed by atoms with Crippen LogP contribution in [0.3, 0.4) is 0 Å². The van der Waals surface area contributed by atoms with Crippen molar-refractivity contribution in [1.82, 2.24) is 4.90 Å². The molecule has 1 amide bonds. The van der Waals surface area contributed by atoms with Crippen molar-refractivity contribution in [3.63, 3.8) is 0 Å². The summed E-state index contributed by atoms with van der Waals surface area (Å²) in [5.74, 6) is -0.228. The van der Waals surface area contributed by atoms with E-state index in [-0.39, 0.29) is 17.2 Å². The molecule has 0 saturated heterocycles. The molecule has 0 saturated carbocycles. The smallest absolute Gasteiger partial charge is 0.256 e. The summed E-state index contributed by atoms with van der Waals surface area (Å²) in [6, 6.07) is 11.6. The SMILES string of the molecule is COc1ccccc1CN(C)C(=O)c1cccc(F)c1N. The Balaban J connectivity index is 2.22. The van der Waals surface area contributed by atoms with Crippen LogP contribution < -0.4 is 10.5 Å². The van der Waals surface area contributed by atoms with Gasteiger partial charge in [0.2, 0.25) is 0 Å². The van der Waals surface area contributed by atoms with Crippen LogP contribution in [-0.4, -0.2) is 25.0 Å². The molecule has 0 aliphatic heterocycles. The van der Waals surface area contributed by atoms with Crippen LogP contribution in [0.25, 0.3) is 0 Å². The monoisotopic (exact) mass is 288 g/mol. The second kappa shape index (κ2) is 6.26. The quantitative estimate of drug-likeness (QED) is 0.880. The zero-order valence-corrected chi connectivity index (χ0v) is 12.0. The van der Waals surface area contributed by atoms with Gasteiger partial charge >= 0.3 is 0 Å². The van der Waals surface area contributed by atoms with Crippen molar-refractivity contribution >= 4 is 11.6 Å². The first-order valence-corrected chi connectivity index (χ1v) is 6.46. The van der Waals surface area contributed by atoms with Gasteiger partial charge in [-0.15, -0.1) is 0 Å². The minimum Gasteiger partial charge on any atom is -0.496 e. The van der Waals surface area contributed by atoms with Gasteiger partial charge in [-0.25, -0.2) is 4.39 Å². The number of hydrogen-bond acceptors (Lipinski definition) is 3. The first kappa shape index (κ1) is 14.8. The molecule has 0 spiro atoms. The van der Waals surface area contributed by atoms with Crippen molar-refractivity contribution < 1.29 is 13.9 Å². The number of benzene rings is 2. The Morgan fingerprint density at radius 1 is 1.24 bits per heavy atom. The normalized spacial score (nSPS) is 10.2. The van der Waals surface area contributed by atoms with Crippen LogP contribution in [0.1, 0.15) is 15.9 Å². The van der Waals surface area contributed by atoms with E-state index in [0.29, 0.717) is 12.3 Å². The summed E-state index contributed by atoms with van der Waals surface area (Å²) in [6.45, 7) is 0.346. The zero-order valence-electron chi connectivity index (χ0n) is 12.0. The number of hydrogen-bond donors (Lipinski definition) is 1. The molecule has 0 atom stereocenters. The van der Waals surface area contributed by atoms with Crippen LogP contribution in [0, 0.1) is 5.82 Å². The van der Waals surface area contributed by atoms with E-state index >= 15 is 0 Å². The van der Waals surface area contributed by atoms with Gasteiger partial charge in [0.15, 0.2) is 0 Å². The van der Waals surface area contributed by atoms with Gasteiger partial charge in [-0.2, -0.15) is 0 Å². The fraction of sp³-hybridized carbons (Fsp3) is 0.188. The van der Waals surface area contributed by atoms with Crippen molar-refractivity contribution in [2.75, 3.05) is 19.9 Å². The topological polar surface area (TPSA) is 55.6 Å². The van der Waals surface area contributed by atoms with Gasteiger partial charge in [0.05, 0.1) is 18.4 Å². The van der Waals surface area contributed by atoms with Crippen molar-refractivity contribution in [3.8, 4) is 5.75 Å². The van der Waals surface area contributed by atoms with E-state index in [4.69, 9.17) is 10.5 Å². The summed E-state index contributed by atoms with van der Waals surface area (Å²) >= 11 is 0. The fourth-order valence-electron chi connectivity index (χ4n) is 2.09. The molecule has 110 valence electrons. The second-order valence-corrected chi connectivity index (χ2v) is 4.67. The largest absolute Gasteiger partial charge is 0.496 e. The number of anilines is 1. The predicted octanol–water partition coefficient (Wildman–Crippen LogP) is 2.69. The summed E-state index contributed by atoms with van der Waals surface area (Å²) in [7, 11) is 3.21. The van der Waals surface area contributed by atoms with E-state index in [0.717, 1.165) is 5.56 Å². The van der Waals surface area contributed by atoms with Crippen LogP contribution in [0.4, 0.5) is 10.1 Å². The molecular weight excluding hydrogens is 271 g/mol. The number of carbonyl (C=O) groups excluding carboxylic acids is 1. The highest BCUT2D eigenvalue weighted by Crippen LogP contribution is 2.21. The third-order valence-electron chi connectivity index (χ3n) is 3.23. The summed E-state index contributed by atoms with van der Waals surface area (Å²) in [5, 5.41) is 0. The third-order valence-corrected chi connectivity index (χ3v) is 3.23. The molecule has 0 radical (unpaired) electrons. The molecule has 0 fully saturated rings. The van der Waals surface area contributed by atoms with Gasteiger partial charge in [-0.3, -0.25) is 4.79 Å². The number of rotatable bonds is 4. The van der Waals surface area contributed by atoms with Crippen LogP contribution >= 0.6 is 0 Å². The maximum Gasteiger partial charge on any atom is 0.256 e. The maximum atomic E-state index is 13.4. The molecule has 2 rings (SSSR count). The number of para-hydroxylation sites is 2. The molecule has 0 aliphatic rings. The first-order valence-electron chi connectivity index (χ1n) is 6.46. The first-order chi connectivity index (χ1) is 10.0. The number of methoxy groups -OCH3 is 1. The molecule has 0 aliphatic carbocycles. The number of carbonyl (C=O) groups is 1. The lowest BCUT2D eigenvalue weighted by Crippen LogP contribution is -2.27. The molecular formula is C16H17FN2O2. The summed E-state index contributed by atoms with van der Waals surface area (Å²) in [6.07, 6.45) is 0. The lowest BCUT2D eigenvalue weighted by Gasteiger charge is -2.19. The van der Waals surface area contributed by atoms with E-state index in [1.165, 1.54) is 23.1 Å². The molecule has 4 nitrogen and oxygen atoms in total. The lowest BCUT2D eigenvalue weighted by atomic mass is 10.1. The summed E-state index contributed by atoms with van der Waals surface area (Å²) < 4.78 is 18.7. The van der Waals surface area contributed by atoms with Gasteiger partial charge < -0.3 is 15.4 Å². The third kappa shape index (κ3) is 3.13. The van der Waals surface area contributed by atoms with Crippen molar-refractivity contribution in [2.45, 2.75) is 6.54 Å². The highest BCUT2D eigenvalue weighted by molar-refractivity contribution is 5.99. The number of halogens is 1. The minimum absolute atomic E-state index is 0.130. The number of nitrogen functional groups attached to an aromatic ring is 1. The molecule has 2 N–H and O–H groups in total. The molecule has 0 aromatic heterocycles. The molecule has 2 aromatic carbocycles. The molecule has 0 unspecified atom stereocenters. The van der Waals surface area contributed by atoms with Crippen molar-refractivity contribution in [1.29, 1.82) is 0 Å². The van der Waals surface area contributed by atoms with E-state index in [1.807, 2.05) is 24.3 Å². The van der Waals surface area contributed by atoms with Crippen molar-refractivity contribution in [3.05, 3.63) is 59.4 Å². The van der Waals surface area contributed by atoms with Crippen LogP contribution in [0.15, 0.2) is 42.5 Å². The lowest BCUT2D eigenvalue weighted by molar-refractivity contribution is 0.0785. The average molecular weight is 288 g/mol. The zero-order chi connectivity index (χ0) is 15.4. The number of ether oxygens (including phenoxy) is 1. The Hall–Kier alpha value is -2.56. The Morgan fingerprint density at radius 3 is 2.67 bits per heavy atom. The van der Waals surface area contributed by atoms with Gasteiger partial charge in [0.1, 0.15) is 11.6 Å².